The van der Waals surface area contributed by atoms with Gasteiger partial charge in [-0.05, 0) is 52.0 Å². The van der Waals surface area contributed by atoms with Crippen LogP contribution in [0.15, 0.2) is 30.5 Å². The second-order valence-electron chi connectivity index (χ2n) is 6.53. The summed E-state index contributed by atoms with van der Waals surface area (Å²) < 4.78 is 12.2. The Labute approximate surface area is 141 Å². The lowest BCUT2D eigenvalue weighted by Crippen LogP contribution is -2.34. The lowest BCUT2D eigenvalue weighted by atomic mass is 10.2. The van der Waals surface area contributed by atoms with Gasteiger partial charge in [-0.15, -0.1) is 0 Å². The normalized spacial score (nSPS) is 11.4. The number of aromatic nitrogens is 1. The average Bonchev–Trinajstić information content (AvgIpc) is 2.87. The molecule has 0 aliphatic heterocycles. The molecule has 0 saturated heterocycles. The van der Waals surface area contributed by atoms with Crippen LogP contribution in [0.25, 0.3) is 10.9 Å². The van der Waals surface area contributed by atoms with Gasteiger partial charge < -0.3 is 14.0 Å². The van der Waals surface area contributed by atoms with Crippen LogP contribution < -0.4 is 4.90 Å². The van der Waals surface area contributed by atoms with Gasteiger partial charge in [0.15, 0.2) is 0 Å². The van der Waals surface area contributed by atoms with Crippen molar-refractivity contribution in [3.63, 3.8) is 0 Å². The fourth-order valence-corrected chi connectivity index (χ4v) is 2.32. The zero-order chi connectivity index (χ0) is 17.9. The Morgan fingerprint density at radius 1 is 1.21 bits per heavy atom. The van der Waals surface area contributed by atoms with Gasteiger partial charge in [-0.3, -0.25) is 9.69 Å². The number of hydrogen-bond acceptors (Lipinski definition) is 4. The van der Waals surface area contributed by atoms with Crippen molar-refractivity contribution in [1.29, 1.82) is 0 Å². The molecule has 0 spiro atoms. The number of nitrogens with zero attached hydrogens (tertiary/aromatic N) is 2. The van der Waals surface area contributed by atoms with Crippen molar-refractivity contribution in [2.45, 2.75) is 39.8 Å². The van der Waals surface area contributed by atoms with E-state index in [4.69, 9.17) is 9.47 Å². The SMILES string of the molecule is CCOC(=O)Cn1ccc2cc(N(C)C(=O)OC(C)(C)C)ccc21. The third-order valence-corrected chi connectivity index (χ3v) is 3.41. The molecule has 0 saturated carbocycles. The zero-order valence-corrected chi connectivity index (χ0v) is 14.8. The first kappa shape index (κ1) is 17.8. The van der Waals surface area contributed by atoms with Gasteiger partial charge in [0.1, 0.15) is 12.1 Å². The highest BCUT2D eigenvalue weighted by Crippen LogP contribution is 2.24. The maximum Gasteiger partial charge on any atom is 0.414 e. The van der Waals surface area contributed by atoms with Crippen LogP contribution in [-0.4, -0.2) is 35.9 Å². The Morgan fingerprint density at radius 3 is 2.54 bits per heavy atom. The zero-order valence-electron chi connectivity index (χ0n) is 14.8. The first-order chi connectivity index (χ1) is 11.2. The number of carbonyl (C=O) groups is 2. The van der Waals surface area contributed by atoms with E-state index in [0.717, 1.165) is 16.6 Å². The van der Waals surface area contributed by atoms with Crippen molar-refractivity contribution >= 4 is 28.7 Å². The molecule has 130 valence electrons. The van der Waals surface area contributed by atoms with Crippen molar-refractivity contribution in [3.05, 3.63) is 30.5 Å². The number of esters is 1. The van der Waals surface area contributed by atoms with Gasteiger partial charge in [-0.1, -0.05) is 0 Å². The molecular weight excluding hydrogens is 308 g/mol. The molecule has 0 atom stereocenters. The van der Waals surface area contributed by atoms with Crippen LogP contribution in [-0.2, 0) is 20.8 Å². The molecular formula is C18H24N2O4. The molecule has 0 N–H and O–H groups in total. The number of rotatable bonds is 4. The fraction of sp³-hybridized carbons (Fsp3) is 0.444. The van der Waals surface area contributed by atoms with Gasteiger partial charge in [0.05, 0.1) is 6.61 Å². The number of anilines is 1. The maximum atomic E-state index is 12.2. The smallest absolute Gasteiger partial charge is 0.414 e. The van der Waals surface area contributed by atoms with E-state index in [1.54, 1.807) is 14.0 Å². The molecule has 1 amide bonds. The van der Waals surface area contributed by atoms with Crippen molar-refractivity contribution in [3.8, 4) is 0 Å². The van der Waals surface area contributed by atoms with E-state index in [1.807, 2.05) is 55.8 Å². The van der Waals surface area contributed by atoms with E-state index in [1.165, 1.54) is 4.90 Å². The van der Waals surface area contributed by atoms with E-state index >= 15 is 0 Å². The Morgan fingerprint density at radius 2 is 1.92 bits per heavy atom. The lowest BCUT2D eigenvalue weighted by molar-refractivity contribution is -0.143. The summed E-state index contributed by atoms with van der Waals surface area (Å²) in [5.41, 5.74) is 1.09. The molecule has 0 unspecified atom stereocenters. The van der Waals surface area contributed by atoms with Gasteiger partial charge in [0.25, 0.3) is 0 Å². The standard InChI is InChI=1S/C18H24N2O4/c1-6-23-16(21)12-20-10-9-13-11-14(7-8-15(13)20)19(5)17(22)24-18(2,3)4/h7-11H,6,12H2,1-5H3. The minimum Gasteiger partial charge on any atom is -0.465 e. The van der Waals surface area contributed by atoms with Gasteiger partial charge >= 0.3 is 12.1 Å². The molecule has 0 aliphatic rings. The largest absolute Gasteiger partial charge is 0.465 e. The maximum absolute atomic E-state index is 12.2. The predicted molar refractivity (Wildman–Crippen MR) is 93.2 cm³/mol. The van der Waals surface area contributed by atoms with Gasteiger partial charge in [0.2, 0.25) is 0 Å². The first-order valence-electron chi connectivity index (χ1n) is 7.92. The molecule has 1 aromatic carbocycles. The van der Waals surface area contributed by atoms with Crippen molar-refractivity contribution < 1.29 is 19.1 Å². The predicted octanol–water partition coefficient (Wildman–Crippen LogP) is 3.58. The van der Waals surface area contributed by atoms with Crippen molar-refractivity contribution in [2.24, 2.45) is 0 Å². The highest BCUT2D eigenvalue weighted by atomic mass is 16.6. The van der Waals surface area contributed by atoms with Crippen LogP contribution in [0.5, 0.6) is 0 Å². The number of amides is 1. The molecule has 0 aliphatic carbocycles. The van der Waals surface area contributed by atoms with E-state index in [-0.39, 0.29) is 12.5 Å². The molecule has 1 heterocycles. The lowest BCUT2D eigenvalue weighted by Gasteiger charge is -2.24. The first-order valence-corrected chi connectivity index (χ1v) is 7.92. The molecule has 0 radical (unpaired) electrons. The Balaban J connectivity index is 2.20. The van der Waals surface area contributed by atoms with Crippen LogP contribution in [0.4, 0.5) is 10.5 Å². The summed E-state index contributed by atoms with van der Waals surface area (Å²) in [6.07, 6.45) is 1.42. The molecule has 2 rings (SSSR count). The second-order valence-corrected chi connectivity index (χ2v) is 6.53. The number of fused-ring (bicyclic) bond motifs is 1. The summed E-state index contributed by atoms with van der Waals surface area (Å²) in [4.78, 5) is 25.3. The highest BCUT2D eigenvalue weighted by Gasteiger charge is 2.21. The van der Waals surface area contributed by atoms with Gasteiger partial charge in [0, 0.05) is 29.8 Å². The Kier molecular flexibility index (Phi) is 5.17. The molecule has 24 heavy (non-hydrogen) atoms. The topological polar surface area (TPSA) is 60.8 Å². The molecule has 0 bridgehead atoms. The molecule has 6 heteroatoms. The minimum atomic E-state index is -0.543. The number of hydrogen-bond donors (Lipinski definition) is 0. The van der Waals surface area contributed by atoms with Gasteiger partial charge in [-0.25, -0.2) is 4.79 Å². The second kappa shape index (κ2) is 6.95. The number of carbonyl (C=O) groups excluding carboxylic acids is 2. The summed E-state index contributed by atoms with van der Waals surface area (Å²) in [6.45, 7) is 7.80. The van der Waals surface area contributed by atoms with Gasteiger partial charge in [-0.2, -0.15) is 0 Å². The van der Waals surface area contributed by atoms with Crippen LogP contribution in [0.1, 0.15) is 27.7 Å². The summed E-state index contributed by atoms with van der Waals surface area (Å²) in [6, 6.07) is 7.50. The molecule has 0 fully saturated rings. The third kappa shape index (κ3) is 4.28. The third-order valence-electron chi connectivity index (χ3n) is 3.41. The van der Waals surface area contributed by atoms with Crippen LogP contribution in [0.3, 0.4) is 0 Å². The summed E-state index contributed by atoms with van der Waals surface area (Å²) in [7, 11) is 1.67. The van der Waals surface area contributed by atoms with Crippen LogP contribution >= 0.6 is 0 Å². The highest BCUT2D eigenvalue weighted by molar-refractivity contribution is 5.92. The van der Waals surface area contributed by atoms with E-state index in [9.17, 15) is 9.59 Å². The summed E-state index contributed by atoms with van der Waals surface area (Å²) in [5, 5.41) is 0.937. The van der Waals surface area contributed by atoms with E-state index in [0.29, 0.717) is 6.61 Å². The quantitative estimate of drug-likeness (QED) is 0.803. The minimum absolute atomic E-state index is 0.165. The fourth-order valence-electron chi connectivity index (χ4n) is 2.32. The Hall–Kier alpha value is -2.50. The molecule has 1 aromatic heterocycles. The molecule has 6 nitrogen and oxygen atoms in total. The Bertz CT molecular complexity index is 743. The number of ether oxygens (including phenoxy) is 2. The average molecular weight is 332 g/mol. The number of benzene rings is 1. The van der Waals surface area contributed by atoms with Crippen molar-refractivity contribution in [2.75, 3.05) is 18.6 Å². The molecule has 2 aromatic rings. The van der Waals surface area contributed by atoms with E-state index in [2.05, 4.69) is 0 Å². The van der Waals surface area contributed by atoms with E-state index < -0.39 is 11.7 Å². The summed E-state index contributed by atoms with van der Waals surface area (Å²) >= 11 is 0. The van der Waals surface area contributed by atoms with Crippen LogP contribution in [0.2, 0.25) is 0 Å². The monoisotopic (exact) mass is 332 g/mol. The summed E-state index contributed by atoms with van der Waals surface area (Å²) in [5.74, 6) is -0.273. The van der Waals surface area contributed by atoms with Crippen LogP contribution in [0, 0.1) is 0 Å². The van der Waals surface area contributed by atoms with Crippen molar-refractivity contribution in [1.82, 2.24) is 4.57 Å².